The molecule has 0 spiro atoms. The third kappa shape index (κ3) is 10.3. The van der Waals surface area contributed by atoms with E-state index in [1.807, 2.05) is 45.9 Å². The van der Waals surface area contributed by atoms with Gasteiger partial charge in [-0.1, -0.05) is 89.2 Å². The lowest BCUT2D eigenvalue weighted by Gasteiger charge is -2.21. The first kappa shape index (κ1) is 42.3. The van der Waals surface area contributed by atoms with Crippen molar-refractivity contribution < 1.29 is 10.6 Å². The molecule has 5 aromatic rings. The molecule has 4 aromatic carbocycles. The van der Waals surface area contributed by atoms with Crippen LogP contribution in [0, 0.1) is 26.1 Å². The van der Waals surface area contributed by atoms with Crippen molar-refractivity contribution in [2.75, 3.05) is 32.1 Å². The van der Waals surface area contributed by atoms with E-state index in [1.54, 1.807) is 7.11 Å². The molecule has 1 aromatic heterocycles. The second-order valence-electron chi connectivity index (χ2n) is 14.4. The van der Waals surface area contributed by atoms with Gasteiger partial charge in [0.05, 0.1) is 7.11 Å². The van der Waals surface area contributed by atoms with Crippen LogP contribution in [0.3, 0.4) is 0 Å². The Balaban J connectivity index is 0.00000140. The molecule has 0 amide bonds. The predicted octanol–water partition coefficient (Wildman–Crippen LogP) is 13.9. The highest BCUT2D eigenvalue weighted by Gasteiger charge is 2.24. The summed E-state index contributed by atoms with van der Waals surface area (Å²) < 4.78 is 22.2. The molecule has 5 heteroatoms. The lowest BCUT2D eigenvalue weighted by molar-refractivity contribution is 0.271. The number of nitrogens with zero attached hydrogens (tertiary/aromatic N) is 2. The van der Waals surface area contributed by atoms with Gasteiger partial charge in [-0.05, 0) is 140 Å². The summed E-state index contributed by atoms with van der Waals surface area (Å²) in [6, 6.07) is 27.0. The minimum atomic E-state index is -0.247. The lowest BCUT2D eigenvalue weighted by atomic mass is 9.95. The Morgan fingerprint density at radius 1 is 0.911 bits per heavy atom. The summed E-state index contributed by atoms with van der Waals surface area (Å²) >= 11 is 0. The summed E-state index contributed by atoms with van der Waals surface area (Å²) in [5.74, 6) is 0.516. The van der Waals surface area contributed by atoms with Crippen molar-refractivity contribution >= 4 is 27.9 Å². The Kier molecular flexibility index (Phi) is 15.4. The van der Waals surface area contributed by atoms with Crippen molar-refractivity contribution in [2.24, 2.45) is 0 Å². The number of hydrogen-bond donors (Lipinski definition) is 1. The molecule has 0 atom stereocenters. The number of aryl methyl sites for hydroxylation is 2. The molecule has 0 aliphatic heterocycles. The molecule has 4 nitrogen and oxygen atoms in total. The van der Waals surface area contributed by atoms with Gasteiger partial charge >= 0.3 is 0 Å². The van der Waals surface area contributed by atoms with E-state index in [0.717, 1.165) is 86.4 Å². The van der Waals surface area contributed by atoms with Gasteiger partial charge in [0, 0.05) is 60.5 Å². The number of nitrogens with one attached hydrogen (secondary N) is 1. The lowest BCUT2D eigenvalue weighted by Crippen LogP contribution is -2.27. The van der Waals surface area contributed by atoms with E-state index in [9.17, 15) is 4.39 Å². The van der Waals surface area contributed by atoms with Crippen molar-refractivity contribution in [2.45, 2.75) is 93.5 Å². The first-order chi connectivity index (χ1) is 27.4. The van der Waals surface area contributed by atoms with Crippen LogP contribution in [-0.2, 0) is 13.0 Å². The number of aromatic nitrogens is 1. The van der Waals surface area contributed by atoms with Crippen LogP contribution in [0.4, 0.5) is 10.1 Å². The molecule has 2 aliphatic carbocycles. The zero-order valence-corrected chi connectivity index (χ0v) is 35.2. The quantitative estimate of drug-likeness (QED) is 0.0959. The number of fused-ring (bicyclic) bond motifs is 1. The Labute approximate surface area is 338 Å². The number of rotatable bonds is 17. The van der Waals surface area contributed by atoms with Crippen molar-refractivity contribution in [3.63, 3.8) is 0 Å². The van der Waals surface area contributed by atoms with E-state index in [2.05, 4.69) is 109 Å². The van der Waals surface area contributed by atoms with Crippen LogP contribution in [0.1, 0.15) is 102 Å². The van der Waals surface area contributed by atoms with E-state index >= 15 is 0 Å². The third-order valence-electron chi connectivity index (χ3n) is 10.6. The summed E-state index contributed by atoms with van der Waals surface area (Å²) in [6.07, 6.45) is 12.7. The highest BCUT2D eigenvalue weighted by atomic mass is 19.1. The summed E-state index contributed by atoms with van der Waals surface area (Å²) in [4.78, 5) is 2.58. The fraction of sp³-hybridized carbons (Fsp3) is 0.353. The molecule has 0 saturated heterocycles. The van der Waals surface area contributed by atoms with Gasteiger partial charge in [0.15, 0.2) is 0 Å². The summed E-state index contributed by atoms with van der Waals surface area (Å²) in [5, 5.41) is 5.14. The maximum absolute atomic E-state index is 13.8. The van der Waals surface area contributed by atoms with E-state index in [0.29, 0.717) is 0 Å². The summed E-state index contributed by atoms with van der Waals surface area (Å²) in [5.41, 5.74) is 15.7. The van der Waals surface area contributed by atoms with Gasteiger partial charge < -0.3 is 19.5 Å². The zero-order valence-electron chi connectivity index (χ0n) is 35.2. The first-order valence-corrected chi connectivity index (χ1v) is 20.9. The van der Waals surface area contributed by atoms with Crippen molar-refractivity contribution in [1.82, 2.24) is 9.47 Å². The first-order valence-electron chi connectivity index (χ1n) is 20.9. The number of allylic oxidation sites excluding steroid dienone is 3. The van der Waals surface area contributed by atoms with Gasteiger partial charge in [0.25, 0.3) is 0 Å². The van der Waals surface area contributed by atoms with Crippen LogP contribution in [0.15, 0.2) is 103 Å². The Hall–Kier alpha value is -4.87. The predicted molar refractivity (Wildman–Crippen MR) is 242 cm³/mol. The fourth-order valence-corrected chi connectivity index (χ4v) is 7.53. The van der Waals surface area contributed by atoms with Crippen LogP contribution in [0.25, 0.3) is 33.3 Å². The Morgan fingerprint density at radius 3 is 2.23 bits per heavy atom. The Bertz CT molecular complexity index is 2140. The molecule has 297 valence electrons. The molecule has 0 unspecified atom stereocenters. The molecule has 1 N–H and O–H groups in total. The van der Waals surface area contributed by atoms with Crippen LogP contribution < -0.4 is 10.1 Å². The number of benzene rings is 4. The summed E-state index contributed by atoms with van der Waals surface area (Å²) in [7, 11) is 1.70. The van der Waals surface area contributed by atoms with Crippen LogP contribution in [-0.4, -0.2) is 36.2 Å². The van der Waals surface area contributed by atoms with Gasteiger partial charge in [-0.2, -0.15) is 0 Å². The van der Waals surface area contributed by atoms with Gasteiger partial charge in [0.2, 0.25) is 0 Å². The number of anilines is 1. The Morgan fingerprint density at radius 2 is 1.61 bits per heavy atom. The number of ether oxygens (including phenoxy) is 1. The van der Waals surface area contributed by atoms with Crippen LogP contribution >= 0.6 is 0 Å². The second-order valence-corrected chi connectivity index (χ2v) is 14.4. The molecule has 1 saturated carbocycles. The van der Waals surface area contributed by atoms with E-state index in [4.69, 9.17) is 4.74 Å². The topological polar surface area (TPSA) is 29.4 Å². The molecule has 56 heavy (non-hydrogen) atoms. The maximum atomic E-state index is 13.8. The molecule has 1 fully saturated rings. The molecular weight excluding hydrogens is 690 g/mol. The number of hydrogen-bond acceptors (Lipinski definition) is 3. The fourth-order valence-electron chi connectivity index (χ4n) is 7.53. The molecule has 0 bridgehead atoms. The third-order valence-corrected chi connectivity index (χ3v) is 10.6. The number of methoxy groups -OCH3 is 1. The van der Waals surface area contributed by atoms with E-state index < -0.39 is 0 Å². The molecule has 1 heterocycles. The maximum Gasteiger partial charge on any atom is 0.129 e. The van der Waals surface area contributed by atoms with Crippen LogP contribution in [0.5, 0.6) is 5.75 Å². The highest BCUT2D eigenvalue weighted by molar-refractivity contribution is 5.98. The SMILES string of the molecule is C=CCCN(CCC)CCCn1c(C)c(C)c2cc(Cc3ccc(C(Nc4cc(OC)c(-c5ccc(F)cc5)c(C5=C[CH]5)c4)=C4CC4)cc3)ccc21.CC.CC.[HH]. The number of halogens is 1. The van der Waals surface area contributed by atoms with Crippen LogP contribution in [0.2, 0.25) is 0 Å². The molecular formula is C51H65FN3O. The van der Waals surface area contributed by atoms with E-state index in [1.165, 1.54) is 74.2 Å². The molecule has 2 aliphatic rings. The minimum Gasteiger partial charge on any atom is -0.496 e. The van der Waals surface area contributed by atoms with Gasteiger partial charge in [-0.3, -0.25) is 0 Å². The van der Waals surface area contributed by atoms with Crippen molar-refractivity contribution in [3.05, 3.63) is 149 Å². The van der Waals surface area contributed by atoms with E-state index in [-0.39, 0.29) is 7.24 Å². The van der Waals surface area contributed by atoms with Gasteiger partial charge in [0.1, 0.15) is 11.6 Å². The van der Waals surface area contributed by atoms with Crippen molar-refractivity contribution in [3.8, 4) is 16.9 Å². The smallest absolute Gasteiger partial charge is 0.129 e. The normalized spacial score (nSPS) is 12.7. The second kappa shape index (κ2) is 20.3. The standard InChI is InChI=1S/C47H51FN3O.2C2H6.H2/c1-6-8-25-50(24-7-2)26-9-27-51-33(4)32(3)42-29-35(12-23-44(42)51)28-34-10-13-38(14-11-34)47(39-17-18-39)49-41-30-43(36-15-16-36)46(45(31-41)52-5)37-19-21-40(48)22-20-37;2*1-2;/h6,10-16,19-23,29-31,49H,1,7-9,17-18,24-28H2,2-5H3;2*1-2H3;1H. The zero-order chi connectivity index (χ0) is 40.2. The highest BCUT2D eigenvalue weighted by Crippen LogP contribution is 2.45. The average Bonchev–Trinajstić information content (AvgIpc) is 4.18. The molecule has 7 rings (SSSR count). The average molecular weight is 755 g/mol. The van der Waals surface area contributed by atoms with Gasteiger partial charge in [-0.25, -0.2) is 4.39 Å². The van der Waals surface area contributed by atoms with Gasteiger partial charge in [-0.15, -0.1) is 6.58 Å². The molecule has 1 radical (unpaired) electrons. The minimum absolute atomic E-state index is 0. The summed E-state index contributed by atoms with van der Waals surface area (Å²) in [6.45, 7) is 23.1. The van der Waals surface area contributed by atoms with Crippen molar-refractivity contribution in [1.29, 1.82) is 0 Å². The monoisotopic (exact) mass is 755 g/mol. The largest absolute Gasteiger partial charge is 0.496 e.